The van der Waals surface area contributed by atoms with Crippen molar-refractivity contribution in [3.63, 3.8) is 0 Å². The summed E-state index contributed by atoms with van der Waals surface area (Å²) in [5, 5.41) is 3.97. The number of benzene rings is 3. The number of rotatable bonds is 12. The Morgan fingerprint density at radius 2 is 1.65 bits per heavy atom. The fraction of sp³-hybridized carbons (Fsp3) is 0.259. The Kier molecular flexibility index (Phi) is 9.51. The number of carbonyl (C=O) groups excluding carboxylic acids is 1. The SMILES string of the molecule is COc1ccc(S(=O)(=O)N(CC(=O)N/N=C\c2ccc(OCC(C)C)cc2)c2ccccc2)cc1OC. The number of nitrogens with zero attached hydrogens (tertiary/aromatic N) is 2. The summed E-state index contributed by atoms with van der Waals surface area (Å²) in [4.78, 5) is 12.7. The molecule has 0 unspecified atom stereocenters. The molecule has 37 heavy (non-hydrogen) atoms. The largest absolute Gasteiger partial charge is 0.493 e. The van der Waals surface area contributed by atoms with Gasteiger partial charge in [-0.25, -0.2) is 13.8 Å². The number of amides is 1. The van der Waals surface area contributed by atoms with Gasteiger partial charge in [-0.05, 0) is 60.0 Å². The molecule has 196 valence electrons. The first-order valence-corrected chi connectivity index (χ1v) is 13.0. The van der Waals surface area contributed by atoms with Crippen molar-refractivity contribution in [3.05, 3.63) is 78.4 Å². The van der Waals surface area contributed by atoms with E-state index in [0.29, 0.717) is 24.0 Å². The van der Waals surface area contributed by atoms with Crippen molar-refractivity contribution in [2.75, 3.05) is 31.7 Å². The summed E-state index contributed by atoms with van der Waals surface area (Å²) in [7, 11) is -1.25. The zero-order valence-corrected chi connectivity index (χ0v) is 22.1. The van der Waals surface area contributed by atoms with Gasteiger partial charge in [0.05, 0.1) is 37.6 Å². The summed E-state index contributed by atoms with van der Waals surface area (Å²) in [6.07, 6.45) is 1.47. The number of nitrogens with one attached hydrogen (secondary N) is 1. The number of para-hydroxylation sites is 1. The Hall–Kier alpha value is -4.05. The van der Waals surface area contributed by atoms with Crippen LogP contribution in [0.3, 0.4) is 0 Å². The molecule has 0 heterocycles. The third-order valence-corrected chi connectivity index (χ3v) is 6.91. The van der Waals surface area contributed by atoms with Crippen molar-refractivity contribution in [1.29, 1.82) is 0 Å². The van der Waals surface area contributed by atoms with Gasteiger partial charge in [-0.1, -0.05) is 32.0 Å². The number of hydrogen-bond acceptors (Lipinski definition) is 7. The van der Waals surface area contributed by atoms with Crippen LogP contribution in [-0.4, -0.2) is 47.9 Å². The summed E-state index contributed by atoms with van der Waals surface area (Å²) in [5.74, 6) is 1.20. The van der Waals surface area contributed by atoms with Gasteiger partial charge in [0.1, 0.15) is 12.3 Å². The minimum Gasteiger partial charge on any atom is -0.493 e. The first kappa shape index (κ1) is 27.5. The number of hydrogen-bond donors (Lipinski definition) is 1. The van der Waals surface area contributed by atoms with Crippen molar-refractivity contribution in [2.24, 2.45) is 11.0 Å². The molecule has 0 aliphatic carbocycles. The van der Waals surface area contributed by atoms with E-state index in [1.54, 1.807) is 30.3 Å². The van der Waals surface area contributed by atoms with E-state index < -0.39 is 22.5 Å². The molecule has 3 rings (SSSR count). The molecule has 0 aliphatic heterocycles. The number of hydrazone groups is 1. The maximum absolute atomic E-state index is 13.6. The van der Waals surface area contributed by atoms with Gasteiger partial charge in [-0.2, -0.15) is 5.10 Å². The molecule has 0 atom stereocenters. The molecule has 0 radical (unpaired) electrons. The van der Waals surface area contributed by atoms with E-state index in [0.717, 1.165) is 15.6 Å². The average molecular weight is 526 g/mol. The van der Waals surface area contributed by atoms with E-state index in [1.807, 2.05) is 24.3 Å². The first-order chi connectivity index (χ1) is 17.7. The van der Waals surface area contributed by atoms with Crippen molar-refractivity contribution < 1.29 is 27.4 Å². The summed E-state index contributed by atoms with van der Waals surface area (Å²) in [6.45, 7) is 4.27. The highest BCUT2D eigenvalue weighted by Gasteiger charge is 2.28. The summed E-state index contributed by atoms with van der Waals surface area (Å²) in [6, 6.07) is 19.9. The van der Waals surface area contributed by atoms with E-state index in [9.17, 15) is 13.2 Å². The molecule has 0 aromatic heterocycles. The number of ether oxygens (including phenoxy) is 3. The van der Waals surface area contributed by atoms with Gasteiger partial charge in [-0.3, -0.25) is 9.10 Å². The maximum atomic E-state index is 13.6. The molecule has 9 nitrogen and oxygen atoms in total. The number of methoxy groups -OCH3 is 2. The van der Waals surface area contributed by atoms with Crippen LogP contribution in [0.1, 0.15) is 19.4 Å². The molecule has 0 saturated heterocycles. The number of sulfonamides is 1. The molecule has 1 N–H and O–H groups in total. The molecular weight excluding hydrogens is 494 g/mol. The normalized spacial score (nSPS) is 11.4. The molecule has 0 fully saturated rings. The van der Waals surface area contributed by atoms with E-state index >= 15 is 0 Å². The second-order valence-corrected chi connectivity index (χ2v) is 10.3. The van der Waals surface area contributed by atoms with Gasteiger partial charge in [0, 0.05) is 6.07 Å². The number of carbonyl (C=O) groups is 1. The third kappa shape index (κ3) is 7.47. The van der Waals surface area contributed by atoms with Crippen molar-refractivity contribution in [1.82, 2.24) is 5.43 Å². The predicted octanol–water partition coefficient (Wildman–Crippen LogP) is 4.08. The number of anilines is 1. The Balaban J connectivity index is 1.75. The van der Waals surface area contributed by atoms with Crippen LogP contribution in [0.15, 0.2) is 82.8 Å². The fourth-order valence-electron chi connectivity index (χ4n) is 3.27. The smallest absolute Gasteiger partial charge is 0.264 e. The molecule has 0 aliphatic rings. The average Bonchev–Trinajstić information content (AvgIpc) is 2.91. The Labute approximate surface area is 217 Å². The monoisotopic (exact) mass is 525 g/mol. The first-order valence-electron chi connectivity index (χ1n) is 11.6. The summed E-state index contributed by atoms with van der Waals surface area (Å²) in [5.41, 5.74) is 3.47. The lowest BCUT2D eigenvalue weighted by molar-refractivity contribution is -0.119. The van der Waals surface area contributed by atoms with Crippen LogP contribution in [-0.2, 0) is 14.8 Å². The minimum atomic E-state index is -4.13. The molecule has 3 aromatic rings. The summed E-state index contributed by atoms with van der Waals surface area (Å²) >= 11 is 0. The lowest BCUT2D eigenvalue weighted by atomic mass is 10.2. The predicted molar refractivity (Wildman–Crippen MR) is 143 cm³/mol. The Morgan fingerprint density at radius 3 is 2.27 bits per heavy atom. The van der Waals surface area contributed by atoms with Crippen LogP contribution in [0.5, 0.6) is 17.2 Å². The van der Waals surface area contributed by atoms with Crippen LogP contribution >= 0.6 is 0 Å². The second-order valence-electron chi connectivity index (χ2n) is 8.43. The zero-order valence-electron chi connectivity index (χ0n) is 21.2. The zero-order chi connectivity index (χ0) is 26.8. The van der Waals surface area contributed by atoms with E-state index in [-0.39, 0.29) is 10.6 Å². The molecule has 0 spiro atoms. The molecule has 3 aromatic carbocycles. The third-order valence-electron chi connectivity index (χ3n) is 5.14. The van der Waals surface area contributed by atoms with Crippen LogP contribution < -0.4 is 23.9 Å². The van der Waals surface area contributed by atoms with Crippen LogP contribution in [0, 0.1) is 5.92 Å². The fourth-order valence-corrected chi connectivity index (χ4v) is 4.71. The highest BCUT2D eigenvalue weighted by atomic mass is 32.2. The standard InChI is InChI=1S/C27H31N3O6S/c1-20(2)19-36-23-12-10-21(11-13-23)17-28-29-27(31)18-30(22-8-6-5-7-9-22)37(32,33)24-14-15-25(34-3)26(16-24)35-4/h5-17,20H,18-19H2,1-4H3,(H,29,31)/b28-17-. The van der Waals surface area contributed by atoms with Crippen molar-refractivity contribution in [2.45, 2.75) is 18.7 Å². The molecule has 0 bridgehead atoms. The van der Waals surface area contributed by atoms with Gasteiger partial charge in [0.2, 0.25) is 0 Å². The Morgan fingerprint density at radius 1 is 0.973 bits per heavy atom. The topological polar surface area (TPSA) is 107 Å². The second kappa shape index (κ2) is 12.8. The van der Waals surface area contributed by atoms with Gasteiger partial charge in [-0.15, -0.1) is 0 Å². The van der Waals surface area contributed by atoms with E-state index in [1.165, 1.54) is 38.6 Å². The highest BCUT2D eigenvalue weighted by molar-refractivity contribution is 7.92. The summed E-state index contributed by atoms with van der Waals surface area (Å²) < 4.78 is 44.2. The van der Waals surface area contributed by atoms with Gasteiger partial charge in [0.25, 0.3) is 15.9 Å². The van der Waals surface area contributed by atoms with E-state index in [2.05, 4.69) is 24.4 Å². The van der Waals surface area contributed by atoms with Gasteiger partial charge in [0.15, 0.2) is 11.5 Å². The van der Waals surface area contributed by atoms with Gasteiger partial charge < -0.3 is 14.2 Å². The molecule has 1 amide bonds. The van der Waals surface area contributed by atoms with Gasteiger partial charge >= 0.3 is 0 Å². The lowest BCUT2D eigenvalue weighted by Gasteiger charge is -2.24. The Bertz CT molecular complexity index is 1310. The van der Waals surface area contributed by atoms with Crippen molar-refractivity contribution >= 4 is 27.8 Å². The molecule has 10 heteroatoms. The minimum absolute atomic E-state index is 0.0509. The van der Waals surface area contributed by atoms with Crippen molar-refractivity contribution in [3.8, 4) is 17.2 Å². The lowest BCUT2D eigenvalue weighted by Crippen LogP contribution is -2.39. The van der Waals surface area contributed by atoms with Crippen LogP contribution in [0.25, 0.3) is 0 Å². The molecular formula is C27H31N3O6S. The maximum Gasteiger partial charge on any atom is 0.264 e. The van der Waals surface area contributed by atoms with E-state index in [4.69, 9.17) is 14.2 Å². The molecule has 0 saturated carbocycles. The highest BCUT2D eigenvalue weighted by Crippen LogP contribution is 2.32. The van der Waals surface area contributed by atoms with Crippen LogP contribution in [0.2, 0.25) is 0 Å². The quantitative estimate of drug-likeness (QED) is 0.282. The van der Waals surface area contributed by atoms with Crippen LogP contribution in [0.4, 0.5) is 5.69 Å².